The topological polar surface area (TPSA) is 0 Å². The summed E-state index contributed by atoms with van der Waals surface area (Å²) in [5.41, 5.74) is 2.82. The Labute approximate surface area is 95.0 Å². The first kappa shape index (κ1) is 14.0. The van der Waals surface area contributed by atoms with E-state index in [0.29, 0.717) is 0 Å². The molecule has 1 rings (SSSR count). The number of hydrogen-bond donors (Lipinski definition) is 0. The van der Waals surface area contributed by atoms with Crippen LogP contribution in [0, 0.1) is 12.8 Å². The molecule has 0 aromatic heterocycles. The average Bonchev–Trinajstić information content (AvgIpc) is 2.22. The van der Waals surface area contributed by atoms with Crippen molar-refractivity contribution in [2.45, 2.75) is 40.5 Å². The van der Waals surface area contributed by atoms with Crippen LogP contribution in [0.2, 0.25) is 0 Å². The van der Waals surface area contributed by atoms with Crippen LogP contribution in [0.3, 0.4) is 0 Å². The Hall–Kier alpha value is -1.04. The highest BCUT2D eigenvalue weighted by molar-refractivity contribution is 5.21. The summed E-state index contributed by atoms with van der Waals surface area (Å²) in [6.45, 7) is 11.9. The fourth-order valence-corrected chi connectivity index (χ4v) is 1.27. The standard InChI is InChI=1S/C12H18.C3H6/c1-4-10(2)9-12-7-5-11(3)6-8-12;1-3-2/h5-8,10H,4,9H2,1-3H3;3H,1H2,2H3. The van der Waals surface area contributed by atoms with E-state index in [1.165, 1.54) is 24.0 Å². The summed E-state index contributed by atoms with van der Waals surface area (Å²) in [4.78, 5) is 0. The van der Waals surface area contributed by atoms with E-state index in [4.69, 9.17) is 0 Å². The molecule has 1 atom stereocenters. The van der Waals surface area contributed by atoms with E-state index in [1.54, 1.807) is 6.08 Å². The van der Waals surface area contributed by atoms with Crippen LogP contribution in [-0.2, 0) is 6.42 Å². The van der Waals surface area contributed by atoms with Crippen LogP contribution >= 0.6 is 0 Å². The molecular formula is C15H24. The molecule has 0 heteroatoms. The number of allylic oxidation sites excluding steroid dienone is 1. The molecule has 0 amide bonds. The van der Waals surface area contributed by atoms with Crippen LogP contribution in [0.4, 0.5) is 0 Å². The monoisotopic (exact) mass is 204 g/mol. The summed E-state index contributed by atoms with van der Waals surface area (Å²) in [5, 5.41) is 0. The lowest BCUT2D eigenvalue weighted by Gasteiger charge is -2.07. The first-order valence-corrected chi connectivity index (χ1v) is 5.76. The van der Waals surface area contributed by atoms with Crippen LogP contribution in [0.5, 0.6) is 0 Å². The molecule has 84 valence electrons. The molecule has 0 nitrogen and oxygen atoms in total. The molecule has 1 unspecified atom stereocenters. The fourth-order valence-electron chi connectivity index (χ4n) is 1.27. The third kappa shape index (κ3) is 6.96. The van der Waals surface area contributed by atoms with Crippen LogP contribution < -0.4 is 0 Å². The maximum absolute atomic E-state index is 3.36. The molecule has 15 heavy (non-hydrogen) atoms. The fraction of sp³-hybridized carbons (Fsp3) is 0.467. The lowest BCUT2D eigenvalue weighted by atomic mass is 9.98. The van der Waals surface area contributed by atoms with Crippen molar-refractivity contribution in [3.63, 3.8) is 0 Å². The van der Waals surface area contributed by atoms with E-state index in [1.807, 2.05) is 6.92 Å². The van der Waals surface area contributed by atoms with Gasteiger partial charge < -0.3 is 0 Å². The minimum absolute atomic E-state index is 0.813. The van der Waals surface area contributed by atoms with E-state index in [9.17, 15) is 0 Å². The molecule has 0 N–H and O–H groups in total. The van der Waals surface area contributed by atoms with Gasteiger partial charge in [0, 0.05) is 0 Å². The molecule has 0 aliphatic heterocycles. The van der Waals surface area contributed by atoms with Crippen molar-refractivity contribution in [1.29, 1.82) is 0 Å². The van der Waals surface area contributed by atoms with Gasteiger partial charge >= 0.3 is 0 Å². The highest BCUT2D eigenvalue weighted by Gasteiger charge is 1.99. The van der Waals surface area contributed by atoms with Crippen LogP contribution in [0.1, 0.15) is 38.3 Å². The van der Waals surface area contributed by atoms with Gasteiger partial charge in [-0.1, -0.05) is 56.2 Å². The largest absolute Gasteiger partial charge is 0.103 e. The highest BCUT2D eigenvalue weighted by Crippen LogP contribution is 2.11. The lowest BCUT2D eigenvalue weighted by molar-refractivity contribution is 0.560. The Morgan fingerprint density at radius 1 is 1.27 bits per heavy atom. The summed E-state index contributed by atoms with van der Waals surface area (Å²) in [5.74, 6) is 0.813. The molecule has 0 fully saturated rings. The van der Waals surface area contributed by atoms with Gasteiger partial charge in [0.1, 0.15) is 0 Å². The Morgan fingerprint density at radius 3 is 2.13 bits per heavy atom. The molecule has 0 saturated carbocycles. The predicted molar refractivity (Wildman–Crippen MR) is 70.2 cm³/mol. The third-order valence-electron chi connectivity index (χ3n) is 2.40. The Morgan fingerprint density at radius 2 is 1.73 bits per heavy atom. The van der Waals surface area contributed by atoms with Crippen molar-refractivity contribution in [3.05, 3.63) is 48.0 Å². The zero-order valence-electron chi connectivity index (χ0n) is 10.6. The van der Waals surface area contributed by atoms with Crippen LogP contribution in [0.25, 0.3) is 0 Å². The van der Waals surface area contributed by atoms with Gasteiger partial charge in [0.25, 0.3) is 0 Å². The Kier molecular flexibility index (Phi) is 7.71. The molecule has 0 aliphatic rings. The minimum Gasteiger partial charge on any atom is -0.103 e. The molecule has 0 bridgehead atoms. The average molecular weight is 204 g/mol. The minimum atomic E-state index is 0.813. The summed E-state index contributed by atoms with van der Waals surface area (Å²) < 4.78 is 0. The Balaban J connectivity index is 0.000000583. The molecule has 0 radical (unpaired) electrons. The summed E-state index contributed by atoms with van der Waals surface area (Å²) >= 11 is 0. The Bertz CT molecular complexity index is 256. The third-order valence-corrected chi connectivity index (χ3v) is 2.40. The number of hydrogen-bond acceptors (Lipinski definition) is 0. The van der Waals surface area contributed by atoms with Crippen molar-refractivity contribution in [2.75, 3.05) is 0 Å². The van der Waals surface area contributed by atoms with E-state index >= 15 is 0 Å². The highest BCUT2D eigenvalue weighted by atomic mass is 14.0. The zero-order valence-corrected chi connectivity index (χ0v) is 10.6. The maximum Gasteiger partial charge on any atom is -0.0253 e. The second-order valence-electron chi connectivity index (χ2n) is 4.11. The summed E-state index contributed by atoms with van der Waals surface area (Å²) in [6.07, 6.45) is 4.24. The lowest BCUT2D eigenvalue weighted by Crippen LogP contribution is -1.97. The van der Waals surface area contributed by atoms with Gasteiger partial charge in [-0.3, -0.25) is 0 Å². The van der Waals surface area contributed by atoms with E-state index in [0.717, 1.165) is 5.92 Å². The number of benzene rings is 1. The van der Waals surface area contributed by atoms with Gasteiger partial charge in [-0.2, -0.15) is 0 Å². The zero-order chi connectivity index (χ0) is 11.7. The maximum atomic E-state index is 3.36. The van der Waals surface area contributed by atoms with Gasteiger partial charge in [0.2, 0.25) is 0 Å². The molecular weight excluding hydrogens is 180 g/mol. The molecule has 0 aliphatic carbocycles. The molecule has 0 heterocycles. The first-order valence-electron chi connectivity index (χ1n) is 5.76. The van der Waals surface area contributed by atoms with Gasteiger partial charge in [-0.25, -0.2) is 0 Å². The van der Waals surface area contributed by atoms with Crippen LogP contribution in [0.15, 0.2) is 36.9 Å². The van der Waals surface area contributed by atoms with Crippen molar-refractivity contribution in [3.8, 4) is 0 Å². The van der Waals surface area contributed by atoms with E-state index in [-0.39, 0.29) is 0 Å². The second-order valence-corrected chi connectivity index (χ2v) is 4.11. The second kappa shape index (κ2) is 8.28. The van der Waals surface area contributed by atoms with Crippen molar-refractivity contribution < 1.29 is 0 Å². The molecule has 1 aromatic rings. The van der Waals surface area contributed by atoms with Crippen LogP contribution in [-0.4, -0.2) is 0 Å². The number of rotatable bonds is 3. The molecule has 1 aromatic carbocycles. The molecule has 0 saturated heterocycles. The SMILES string of the molecule is C=CC.CCC(C)Cc1ccc(C)cc1. The van der Waals surface area contributed by atoms with Gasteiger partial charge in [0.15, 0.2) is 0 Å². The first-order chi connectivity index (χ1) is 7.13. The van der Waals surface area contributed by atoms with Gasteiger partial charge in [0.05, 0.1) is 0 Å². The van der Waals surface area contributed by atoms with Gasteiger partial charge in [-0.15, -0.1) is 6.58 Å². The van der Waals surface area contributed by atoms with Gasteiger partial charge in [-0.05, 0) is 31.7 Å². The van der Waals surface area contributed by atoms with Crippen molar-refractivity contribution >= 4 is 0 Å². The summed E-state index contributed by atoms with van der Waals surface area (Å²) in [6, 6.07) is 8.86. The number of aryl methyl sites for hydroxylation is 1. The van der Waals surface area contributed by atoms with E-state index in [2.05, 4.69) is 51.6 Å². The van der Waals surface area contributed by atoms with E-state index < -0.39 is 0 Å². The molecule has 0 spiro atoms. The smallest absolute Gasteiger partial charge is 0.0253 e. The summed E-state index contributed by atoms with van der Waals surface area (Å²) in [7, 11) is 0. The predicted octanol–water partition coefficient (Wildman–Crippen LogP) is 4.78. The van der Waals surface area contributed by atoms with Crippen molar-refractivity contribution in [2.24, 2.45) is 5.92 Å². The quantitative estimate of drug-likeness (QED) is 0.622. The van der Waals surface area contributed by atoms with Crippen molar-refractivity contribution in [1.82, 2.24) is 0 Å². The normalized spacial score (nSPS) is 11.2.